The van der Waals surface area contributed by atoms with Gasteiger partial charge in [-0.2, -0.15) is 0 Å². The molecule has 74 valence electrons. The van der Waals surface area contributed by atoms with E-state index in [1.54, 1.807) is 0 Å². The summed E-state index contributed by atoms with van der Waals surface area (Å²) < 4.78 is 2.25. The standard InChI is InChI=1S/C9H7ClN2S.ClH/c10-6-1-2-8-7(5-6)11-9-12(8)3-4-13-9;/h1-2,5H,3-4H2;1H. The third-order valence-electron chi connectivity index (χ3n) is 2.22. The van der Waals surface area contributed by atoms with Crippen molar-refractivity contribution in [2.24, 2.45) is 0 Å². The van der Waals surface area contributed by atoms with E-state index in [0.29, 0.717) is 0 Å². The van der Waals surface area contributed by atoms with Crippen LogP contribution in [0, 0.1) is 0 Å². The van der Waals surface area contributed by atoms with Gasteiger partial charge < -0.3 is 4.57 Å². The molecule has 0 amide bonds. The molecular weight excluding hydrogens is 239 g/mol. The first-order chi connectivity index (χ1) is 6.34. The van der Waals surface area contributed by atoms with Crippen molar-refractivity contribution in [1.29, 1.82) is 0 Å². The van der Waals surface area contributed by atoms with Gasteiger partial charge in [-0.05, 0) is 18.2 Å². The lowest BCUT2D eigenvalue weighted by atomic mass is 10.3. The molecule has 1 aliphatic heterocycles. The van der Waals surface area contributed by atoms with Crippen molar-refractivity contribution in [3.63, 3.8) is 0 Å². The molecule has 0 saturated carbocycles. The van der Waals surface area contributed by atoms with Crippen molar-refractivity contribution >= 4 is 46.8 Å². The van der Waals surface area contributed by atoms with Gasteiger partial charge in [0.25, 0.3) is 0 Å². The summed E-state index contributed by atoms with van der Waals surface area (Å²) in [7, 11) is 0. The van der Waals surface area contributed by atoms with Crippen molar-refractivity contribution in [3.8, 4) is 0 Å². The summed E-state index contributed by atoms with van der Waals surface area (Å²) in [5.74, 6) is 1.14. The van der Waals surface area contributed by atoms with E-state index in [4.69, 9.17) is 11.6 Å². The van der Waals surface area contributed by atoms with Crippen LogP contribution in [0.3, 0.4) is 0 Å². The Morgan fingerprint density at radius 1 is 1.43 bits per heavy atom. The van der Waals surface area contributed by atoms with Gasteiger partial charge in [0.2, 0.25) is 0 Å². The molecule has 1 aliphatic rings. The first kappa shape index (κ1) is 10.1. The van der Waals surface area contributed by atoms with Crippen LogP contribution < -0.4 is 0 Å². The van der Waals surface area contributed by atoms with Crippen LogP contribution in [-0.4, -0.2) is 15.3 Å². The SMILES string of the molecule is Cl.Clc1ccc2c(c1)nc1n2CCS1. The average Bonchev–Trinajstić information content (AvgIpc) is 2.62. The summed E-state index contributed by atoms with van der Waals surface area (Å²) in [6, 6.07) is 5.88. The Kier molecular flexibility index (Phi) is 2.64. The predicted molar refractivity (Wildman–Crippen MR) is 62.7 cm³/mol. The van der Waals surface area contributed by atoms with Gasteiger partial charge in [-0.15, -0.1) is 12.4 Å². The maximum atomic E-state index is 5.89. The van der Waals surface area contributed by atoms with Gasteiger partial charge in [-0.25, -0.2) is 4.98 Å². The zero-order valence-corrected chi connectivity index (χ0v) is 9.62. The van der Waals surface area contributed by atoms with E-state index in [1.807, 2.05) is 30.0 Å². The highest BCUT2D eigenvalue weighted by molar-refractivity contribution is 7.99. The Morgan fingerprint density at radius 3 is 3.14 bits per heavy atom. The highest BCUT2D eigenvalue weighted by atomic mass is 35.5. The molecule has 0 fully saturated rings. The van der Waals surface area contributed by atoms with Crippen molar-refractivity contribution in [3.05, 3.63) is 23.2 Å². The summed E-state index contributed by atoms with van der Waals surface area (Å²) in [5.41, 5.74) is 2.21. The minimum absolute atomic E-state index is 0. The molecule has 0 bridgehead atoms. The van der Waals surface area contributed by atoms with Gasteiger partial charge in [-0.3, -0.25) is 0 Å². The quantitative estimate of drug-likeness (QED) is 0.711. The van der Waals surface area contributed by atoms with Crippen LogP contribution in [-0.2, 0) is 6.54 Å². The Hall–Kier alpha value is -0.380. The number of imidazole rings is 1. The molecule has 0 saturated heterocycles. The van der Waals surface area contributed by atoms with E-state index < -0.39 is 0 Å². The van der Waals surface area contributed by atoms with E-state index >= 15 is 0 Å². The molecule has 2 aromatic rings. The van der Waals surface area contributed by atoms with E-state index in [9.17, 15) is 0 Å². The van der Waals surface area contributed by atoms with Crippen molar-refractivity contribution in [1.82, 2.24) is 9.55 Å². The van der Waals surface area contributed by atoms with Gasteiger partial charge in [0.15, 0.2) is 5.16 Å². The Balaban J connectivity index is 0.000000750. The van der Waals surface area contributed by atoms with Gasteiger partial charge in [0.05, 0.1) is 11.0 Å². The first-order valence-corrected chi connectivity index (χ1v) is 5.49. The smallest absolute Gasteiger partial charge is 0.169 e. The highest BCUT2D eigenvalue weighted by Gasteiger charge is 2.16. The van der Waals surface area contributed by atoms with Gasteiger partial charge in [0, 0.05) is 17.3 Å². The molecule has 2 nitrogen and oxygen atoms in total. The molecule has 0 spiro atoms. The lowest BCUT2D eigenvalue weighted by Gasteiger charge is -1.96. The maximum Gasteiger partial charge on any atom is 0.169 e. The Bertz CT molecular complexity index is 481. The summed E-state index contributed by atoms with van der Waals surface area (Å²) in [4.78, 5) is 4.50. The fraction of sp³-hybridized carbons (Fsp3) is 0.222. The molecule has 2 heterocycles. The monoisotopic (exact) mass is 246 g/mol. The van der Waals surface area contributed by atoms with Crippen LogP contribution in [0.1, 0.15) is 0 Å². The second-order valence-corrected chi connectivity index (χ2v) is 4.53. The van der Waals surface area contributed by atoms with Gasteiger partial charge in [-0.1, -0.05) is 23.4 Å². The fourth-order valence-electron chi connectivity index (χ4n) is 1.64. The van der Waals surface area contributed by atoms with E-state index in [2.05, 4.69) is 9.55 Å². The number of fused-ring (bicyclic) bond motifs is 3. The molecular formula is C9H8Cl2N2S. The zero-order valence-electron chi connectivity index (χ0n) is 7.24. The number of nitrogens with zero attached hydrogens (tertiary/aromatic N) is 2. The largest absolute Gasteiger partial charge is 0.318 e. The Morgan fingerprint density at radius 2 is 2.29 bits per heavy atom. The Labute approximate surface area is 97.1 Å². The predicted octanol–water partition coefficient (Wildman–Crippen LogP) is 3.22. The van der Waals surface area contributed by atoms with Crippen LogP contribution in [0.2, 0.25) is 5.02 Å². The second kappa shape index (κ2) is 3.65. The number of hydrogen-bond acceptors (Lipinski definition) is 2. The molecule has 1 aromatic carbocycles. The molecule has 0 N–H and O–H groups in total. The minimum atomic E-state index is 0. The van der Waals surface area contributed by atoms with Gasteiger partial charge >= 0.3 is 0 Å². The number of benzene rings is 1. The molecule has 0 radical (unpaired) electrons. The summed E-state index contributed by atoms with van der Waals surface area (Å²) in [5, 5.41) is 1.88. The third kappa shape index (κ3) is 1.40. The lowest BCUT2D eigenvalue weighted by molar-refractivity contribution is 0.743. The van der Waals surface area contributed by atoms with Crippen LogP contribution in [0.25, 0.3) is 11.0 Å². The molecule has 14 heavy (non-hydrogen) atoms. The van der Waals surface area contributed by atoms with Gasteiger partial charge in [0.1, 0.15) is 0 Å². The van der Waals surface area contributed by atoms with E-state index in [1.165, 1.54) is 5.52 Å². The maximum absolute atomic E-state index is 5.89. The van der Waals surface area contributed by atoms with Crippen LogP contribution in [0.5, 0.6) is 0 Å². The average molecular weight is 247 g/mol. The van der Waals surface area contributed by atoms with E-state index in [0.717, 1.165) is 28.0 Å². The number of aryl methyl sites for hydroxylation is 1. The first-order valence-electron chi connectivity index (χ1n) is 4.13. The van der Waals surface area contributed by atoms with Crippen molar-refractivity contribution in [2.75, 3.05) is 5.75 Å². The molecule has 0 atom stereocenters. The topological polar surface area (TPSA) is 17.8 Å². The normalized spacial score (nSPS) is 14.1. The number of aromatic nitrogens is 2. The molecule has 0 aliphatic carbocycles. The molecule has 0 unspecified atom stereocenters. The third-order valence-corrected chi connectivity index (χ3v) is 3.41. The number of rotatable bonds is 0. The fourth-order valence-corrected chi connectivity index (χ4v) is 2.77. The molecule has 3 rings (SSSR count). The number of thioether (sulfide) groups is 1. The molecule has 5 heteroatoms. The lowest BCUT2D eigenvalue weighted by Crippen LogP contribution is -1.91. The summed E-state index contributed by atoms with van der Waals surface area (Å²) in [6.45, 7) is 1.07. The molecule has 1 aromatic heterocycles. The van der Waals surface area contributed by atoms with Crippen LogP contribution in [0.15, 0.2) is 23.4 Å². The number of hydrogen-bond donors (Lipinski definition) is 0. The summed E-state index contributed by atoms with van der Waals surface area (Å²) >= 11 is 7.69. The minimum Gasteiger partial charge on any atom is -0.318 e. The number of halogens is 2. The van der Waals surface area contributed by atoms with Crippen LogP contribution >= 0.6 is 35.8 Å². The van der Waals surface area contributed by atoms with E-state index in [-0.39, 0.29) is 12.4 Å². The highest BCUT2D eigenvalue weighted by Crippen LogP contribution is 2.30. The zero-order chi connectivity index (χ0) is 8.84. The van der Waals surface area contributed by atoms with Crippen molar-refractivity contribution < 1.29 is 0 Å². The van der Waals surface area contributed by atoms with Crippen LogP contribution in [0.4, 0.5) is 0 Å². The second-order valence-electron chi connectivity index (χ2n) is 3.03. The summed E-state index contributed by atoms with van der Waals surface area (Å²) in [6.07, 6.45) is 0. The van der Waals surface area contributed by atoms with Crippen molar-refractivity contribution in [2.45, 2.75) is 11.7 Å².